The first-order chi connectivity index (χ1) is 9.06. The SMILES string of the molecule is CC1=CCC=C1CCN=C1NC(N(C)C)=NC(C)N1. The summed E-state index contributed by atoms with van der Waals surface area (Å²) in [6.45, 7) is 4.98. The van der Waals surface area contributed by atoms with E-state index in [1.54, 1.807) is 0 Å². The second-order valence-electron chi connectivity index (χ2n) is 5.12. The number of aliphatic imine (C=N–C) groups is 2. The fourth-order valence-corrected chi connectivity index (χ4v) is 2.16. The van der Waals surface area contributed by atoms with Crippen molar-refractivity contribution in [1.82, 2.24) is 15.5 Å². The number of hydrogen-bond donors (Lipinski definition) is 2. The zero-order valence-electron chi connectivity index (χ0n) is 12.2. The van der Waals surface area contributed by atoms with Gasteiger partial charge in [-0.3, -0.25) is 10.3 Å². The normalized spacial score (nSPS) is 24.3. The van der Waals surface area contributed by atoms with E-state index in [0.717, 1.165) is 31.3 Å². The van der Waals surface area contributed by atoms with Crippen LogP contribution in [0.4, 0.5) is 0 Å². The molecule has 2 N–H and O–H groups in total. The topological polar surface area (TPSA) is 52.0 Å². The van der Waals surface area contributed by atoms with Crippen LogP contribution in [0.25, 0.3) is 0 Å². The van der Waals surface area contributed by atoms with Crippen molar-refractivity contribution >= 4 is 11.9 Å². The van der Waals surface area contributed by atoms with Gasteiger partial charge >= 0.3 is 0 Å². The van der Waals surface area contributed by atoms with Gasteiger partial charge in [-0.2, -0.15) is 0 Å². The summed E-state index contributed by atoms with van der Waals surface area (Å²) < 4.78 is 0. The summed E-state index contributed by atoms with van der Waals surface area (Å²) in [6.07, 6.45) is 6.68. The van der Waals surface area contributed by atoms with Crippen LogP contribution in [0, 0.1) is 0 Å². The van der Waals surface area contributed by atoms with E-state index in [9.17, 15) is 0 Å². The average molecular weight is 261 g/mol. The Morgan fingerprint density at radius 1 is 1.42 bits per heavy atom. The minimum atomic E-state index is 0.0599. The van der Waals surface area contributed by atoms with E-state index in [2.05, 4.69) is 39.7 Å². The van der Waals surface area contributed by atoms with Gasteiger partial charge in [-0.15, -0.1) is 0 Å². The minimum absolute atomic E-state index is 0.0599. The van der Waals surface area contributed by atoms with Gasteiger partial charge in [-0.25, -0.2) is 4.99 Å². The number of nitrogens with zero attached hydrogens (tertiary/aromatic N) is 3. The van der Waals surface area contributed by atoms with E-state index in [4.69, 9.17) is 0 Å². The van der Waals surface area contributed by atoms with Crippen LogP contribution < -0.4 is 10.6 Å². The molecule has 0 amide bonds. The molecule has 5 nitrogen and oxygen atoms in total. The molecule has 1 aliphatic carbocycles. The maximum absolute atomic E-state index is 4.58. The zero-order valence-corrected chi connectivity index (χ0v) is 12.2. The molecule has 0 radical (unpaired) electrons. The predicted octanol–water partition coefficient (Wildman–Crippen LogP) is 1.47. The van der Waals surface area contributed by atoms with Gasteiger partial charge in [-0.05, 0) is 32.3 Å². The standard InChI is InChI=1S/C14H23N5/c1-10-6-5-7-12(10)8-9-15-13-16-11(2)17-14(18-13)19(3)4/h6-7,11H,5,8-9H2,1-4H3,(H2,15,16,17,18). The monoisotopic (exact) mass is 261 g/mol. The molecule has 1 unspecified atom stereocenters. The molecule has 0 bridgehead atoms. The quantitative estimate of drug-likeness (QED) is 0.809. The first-order valence-electron chi connectivity index (χ1n) is 6.75. The molecule has 0 aromatic carbocycles. The fourth-order valence-electron chi connectivity index (χ4n) is 2.16. The van der Waals surface area contributed by atoms with E-state index in [-0.39, 0.29) is 6.17 Å². The van der Waals surface area contributed by atoms with Crippen LogP contribution in [-0.4, -0.2) is 43.6 Å². The van der Waals surface area contributed by atoms with Gasteiger partial charge in [0.05, 0.1) is 0 Å². The Morgan fingerprint density at radius 2 is 2.21 bits per heavy atom. The number of hydrogen-bond acceptors (Lipinski definition) is 3. The van der Waals surface area contributed by atoms with Crippen molar-refractivity contribution in [2.45, 2.75) is 32.9 Å². The Bertz CT molecular complexity index is 456. The molecular formula is C14H23N5. The number of nitrogens with one attached hydrogen (secondary N) is 2. The molecule has 2 aliphatic rings. The molecule has 0 spiro atoms. The largest absolute Gasteiger partial charge is 0.349 e. The van der Waals surface area contributed by atoms with Gasteiger partial charge < -0.3 is 10.2 Å². The number of guanidine groups is 2. The Kier molecular flexibility index (Phi) is 4.24. The summed E-state index contributed by atoms with van der Waals surface area (Å²) in [6, 6.07) is 0. The van der Waals surface area contributed by atoms with Gasteiger partial charge in [0.15, 0.2) is 5.96 Å². The van der Waals surface area contributed by atoms with Gasteiger partial charge in [-0.1, -0.05) is 17.7 Å². The van der Waals surface area contributed by atoms with Crippen LogP contribution >= 0.6 is 0 Å². The van der Waals surface area contributed by atoms with Crippen LogP contribution in [0.1, 0.15) is 26.7 Å². The maximum Gasteiger partial charge on any atom is 0.202 e. The molecule has 0 aromatic rings. The van der Waals surface area contributed by atoms with Gasteiger partial charge in [0.1, 0.15) is 6.17 Å². The Morgan fingerprint density at radius 3 is 2.84 bits per heavy atom. The molecule has 5 heteroatoms. The van der Waals surface area contributed by atoms with Crippen molar-refractivity contribution in [3.8, 4) is 0 Å². The first-order valence-corrected chi connectivity index (χ1v) is 6.75. The lowest BCUT2D eigenvalue weighted by Gasteiger charge is -2.26. The average Bonchev–Trinajstić information content (AvgIpc) is 2.74. The summed E-state index contributed by atoms with van der Waals surface area (Å²) in [5.74, 6) is 1.66. The van der Waals surface area contributed by atoms with Crippen LogP contribution in [0.5, 0.6) is 0 Å². The van der Waals surface area contributed by atoms with Crippen molar-refractivity contribution in [2.75, 3.05) is 20.6 Å². The molecule has 1 atom stereocenters. The molecule has 1 aliphatic heterocycles. The van der Waals surface area contributed by atoms with Crippen molar-refractivity contribution in [2.24, 2.45) is 9.98 Å². The molecule has 0 aromatic heterocycles. The van der Waals surface area contributed by atoms with Crippen molar-refractivity contribution < 1.29 is 0 Å². The number of rotatable bonds is 3. The molecule has 0 saturated carbocycles. The Balaban J connectivity index is 1.90. The van der Waals surface area contributed by atoms with Crippen molar-refractivity contribution in [3.05, 3.63) is 23.3 Å². The third-order valence-corrected chi connectivity index (χ3v) is 3.26. The van der Waals surface area contributed by atoms with Crippen LogP contribution in [0.15, 0.2) is 33.3 Å². The summed E-state index contributed by atoms with van der Waals surface area (Å²) in [7, 11) is 3.94. The molecule has 19 heavy (non-hydrogen) atoms. The maximum atomic E-state index is 4.58. The van der Waals surface area contributed by atoms with E-state index in [1.165, 1.54) is 11.1 Å². The lowest BCUT2D eigenvalue weighted by atomic mass is 10.1. The predicted molar refractivity (Wildman–Crippen MR) is 80.2 cm³/mol. The number of allylic oxidation sites excluding steroid dienone is 3. The van der Waals surface area contributed by atoms with Crippen LogP contribution in [0.3, 0.4) is 0 Å². The smallest absolute Gasteiger partial charge is 0.202 e. The molecule has 2 rings (SSSR count). The van der Waals surface area contributed by atoms with E-state index in [0.29, 0.717) is 0 Å². The lowest BCUT2D eigenvalue weighted by Crippen LogP contribution is -2.53. The summed E-state index contributed by atoms with van der Waals surface area (Å²) in [5.41, 5.74) is 2.82. The second kappa shape index (κ2) is 5.91. The Labute approximate surface area is 115 Å². The van der Waals surface area contributed by atoms with Gasteiger partial charge in [0.25, 0.3) is 0 Å². The van der Waals surface area contributed by atoms with Crippen molar-refractivity contribution in [1.29, 1.82) is 0 Å². The molecule has 1 heterocycles. The highest BCUT2D eigenvalue weighted by molar-refractivity contribution is 6.00. The molecule has 0 saturated heterocycles. The minimum Gasteiger partial charge on any atom is -0.349 e. The zero-order chi connectivity index (χ0) is 13.8. The van der Waals surface area contributed by atoms with Gasteiger partial charge in [0.2, 0.25) is 5.96 Å². The van der Waals surface area contributed by atoms with Crippen LogP contribution in [-0.2, 0) is 0 Å². The fraction of sp³-hybridized carbons (Fsp3) is 0.571. The second-order valence-corrected chi connectivity index (χ2v) is 5.12. The highest BCUT2D eigenvalue weighted by Crippen LogP contribution is 2.21. The summed E-state index contributed by atoms with van der Waals surface area (Å²) in [5, 5.41) is 6.43. The van der Waals surface area contributed by atoms with Crippen LogP contribution in [0.2, 0.25) is 0 Å². The van der Waals surface area contributed by atoms with E-state index >= 15 is 0 Å². The first kappa shape index (κ1) is 13.6. The lowest BCUT2D eigenvalue weighted by molar-refractivity contribution is 0.559. The highest BCUT2D eigenvalue weighted by atomic mass is 15.4. The molecule has 0 fully saturated rings. The van der Waals surface area contributed by atoms with Gasteiger partial charge in [0, 0.05) is 20.6 Å². The summed E-state index contributed by atoms with van der Waals surface area (Å²) >= 11 is 0. The third kappa shape index (κ3) is 3.59. The summed E-state index contributed by atoms with van der Waals surface area (Å²) in [4.78, 5) is 11.0. The third-order valence-electron chi connectivity index (χ3n) is 3.26. The van der Waals surface area contributed by atoms with E-state index in [1.807, 2.05) is 25.9 Å². The Hall–Kier alpha value is -1.78. The molecular weight excluding hydrogens is 238 g/mol. The molecule has 104 valence electrons. The van der Waals surface area contributed by atoms with Crippen molar-refractivity contribution in [3.63, 3.8) is 0 Å². The van der Waals surface area contributed by atoms with E-state index < -0.39 is 0 Å². The highest BCUT2D eigenvalue weighted by Gasteiger charge is 2.15.